The third-order valence-corrected chi connectivity index (χ3v) is 3.85. The summed E-state index contributed by atoms with van der Waals surface area (Å²) >= 11 is 0. The molecule has 3 aromatic rings. The molecule has 0 aliphatic rings. The lowest BCUT2D eigenvalue weighted by Crippen LogP contribution is -2.32. The van der Waals surface area contributed by atoms with Crippen LogP contribution in [-0.4, -0.2) is 18.1 Å². The average molecular weight is 366 g/mol. The monoisotopic (exact) mass is 366 g/mol. The van der Waals surface area contributed by atoms with Crippen molar-refractivity contribution in [3.8, 4) is 11.1 Å². The van der Waals surface area contributed by atoms with Crippen LogP contribution in [0.4, 0.5) is 10.5 Å². The van der Waals surface area contributed by atoms with Gasteiger partial charge >= 0.3 is 6.09 Å². The Morgan fingerprint density at radius 1 is 1.19 bits per heavy atom. The molecule has 0 aliphatic carbocycles. The summed E-state index contributed by atoms with van der Waals surface area (Å²) in [6.45, 7) is 5.81. The molecule has 1 aromatic heterocycles. The molecular weight excluding hydrogens is 344 g/mol. The fourth-order valence-electron chi connectivity index (χ4n) is 2.79. The van der Waals surface area contributed by atoms with E-state index in [1.165, 1.54) is 0 Å². The van der Waals surface area contributed by atoms with Crippen molar-refractivity contribution in [2.75, 3.05) is 5.32 Å². The molecule has 1 heterocycles. The first-order chi connectivity index (χ1) is 12.9. The van der Waals surface area contributed by atoms with Gasteiger partial charge in [-0.25, -0.2) is 4.79 Å². The first-order valence-corrected chi connectivity index (χ1v) is 8.63. The van der Waals surface area contributed by atoms with Gasteiger partial charge in [-0.1, -0.05) is 18.2 Å². The number of hydrogen-bond acceptors (Lipinski definition) is 4. The van der Waals surface area contributed by atoms with Crippen molar-refractivity contribution >= 4 is 29.2 Å². The van der Waals surface area contributed by atoms with Crippen molar-refractivity contribution in [1.82, 2.24) is 5.32 Å². The summed E-state index contributed by atoms with van der Waals surface area (Å²) in [5.41, 5.74) is 3.60. The van der Waals surface area contributed by atoms with Crippen molar-refractivity contribution in [3.05, 3.63) is 54.3 Å². The van der Waals surface area contributed by atoms with Crippen LogP contribution in [-0.2, 0) is 16.1 Å². The van der Waals surface area contributed by atoms with Gasteiger partial charge in [-0.2, -0.15) is 0 Å². The quantitative estimate of drug-likeness (QED) is 0.642. The molecule has 0 saturated carbocycles. The van der Waals surface area contributed by atoms with Crippen LogP contribution in [0, 0.1) is 0 Å². The molecular formula is C21H22N2O4. The van der Waals surface area contributed by atoms with E-state index in [0.717, 1.165) is 27.7 Å². The molecule has 0 aliphatic heterocycles. The maximum absolute atomic E-state index is 11.9. The molecule has 0 spiro atoms. The lowest BCUT2D eigenvalue weighted by Gasteiger charge is -2.19. The number of nitrogens with one attached hydrogen (secondary N) is 2. The molecule has 27 heavy (non-hydrogen) atoms. The number of furan rings is 1. The van der Waals surface area contributed by atoms with Crippen molar-refractivity contribution in [2.24, 2.45) is 0 Å². The summed E-state index contributed by atoms with van der Waals surface area (Å²) in [6, 6.07) is 13.3. The highest BCUT2D eigenvalue weighted by atomic mass is 16.6. The van der Waals surface area contributed by atoms with Crippen LogP contribution in [0.5, 0.6) is 0 Å². The number of anilines is 1. The summed E-state index contributed by atoms with van der Waals surface area (Å²) in [5, 5.41) is 6.33. The predicted octanol–water partition coefficient (Wildman–Crippen LogP) is 4.69. The van der Waals surface area contributed by atoms with E-state index in [2.05, 4.69) is 10.6 Å². The Labute approximate surface area is 157 Å². The topological polar surface area (TPSA) is 80.6 Å². The van der Waals surface area contributed by atoms with Gasteiger partial charge in [0.05, 0.1) is 6.26 Å². The van der Waals surface area contributed by atoms with Crippen molar-refractivity contribution in [2.45, 2.75) is 32.9 Å². The summed E-state index contributed by atoms with van der Waals surface area (Å²) < 4.78 is 10.9. The molecule has 0 saturated heterocycles. The Morgan fingerprint density at radius 2 is 2.00 bits per heavy atom. The molecule has 2 N–H and O–H groups in total. The van der Waals surface area contributed by atoms with Gasteiger partial charge in [0.25, 0.3) is 0 Å². The number of carbonyl (C=O) groups is 2. The van der Waals surface area contributed by atoms with Crippen LogP contribution in [0.1, 0.15) is 26.3 Å². The van der Waals surface area contributed by atoms with E-state index >= 15 is 0 Å². The minimum Gasteiger partial charge on any atom is -0.464 e. The van der Waals surface area contributed by atoms with E-state index in [1.54, 1.807) is 6.26 Å². The van der Waals surface area contributed by atoms with Crippen molar-refractivity contribution < 1.29 is 18.7 Å². The highest BCUT2D eigenvalue weighted by Crippen LogP contribution is 2.33. The second kappa shape index (κ2) is 7.53. The van der Waals surface area contributed by atoms with Crippen molar-refractivity contribution in [1.29, 1.82) is 0 Å². The second-order valence-electron chi connectivity index (χ2n) is 7.18. The zero-order valence-corrected chi connectivity index (χ0v) is 15.5. The molecule has 6 nitrogen and oxygen atoms in total. The number of carbonyl (C=O) groups excluding carboxylic acids is 2. The van der Waals surface area contributed by atoms with Gasteiger partial charge in [-0.05, 0) is 56.2 Å². The minimum absolute atomic E-state index is 0.344. The Morgan fingerprint density at radius 3 is 2.74 bits per heavy atom. The normalized spacial score (nSPS) is 11.2. The lowest BCUT2D eigenvalue weighted by molar-refractivity contribution is -0.105. The van der Waals surface area contributed by atoms with E-state index in [-0.39, 0.29) is 0 Å². The molecule has 0 bridgehead atoms. The summed E-state index contributed by atoms with van der Waals surface area (Å²) in [4.78, 5) is 22.7. The summed E-state index contributed by atoms with van der Waals surface area (Å²) in [6.07, 6.45) is 1.80. The van der Waals surface area contributed by atoms with Gasteiger partial charge in [0, 0.05) is 23.2 Å². The number of fused-ring (bicyclic) bond motifs is 1. The van der Waals surface area contributed by atoms with E-state index in [1.807, 2.05) is 63.2 Å². The zero-order chi connectivity index (χ0) is 19.4. The van der Waals surface area contributed by atoms with E-state index in [0.29, 0.717) is 18.6 Å². The number of rotatable bonds is 5. The minimum atomic E-state index is -0.539. The molecule has 6 heteroatoms. The van der Waals surface area contributed by atoms with E-state index < -0.39 is 11.7 Å². The van der Waals surface area contributed by atoms with Crippen molar-refractivity contribution in [3.63, 3.8) is 0 Å². The molecule has 2 amide bonds. The molecule has 2 aromatic carbocycles. The Bertz CT molecular complexity index is 970. The summed E-state index contributed by atoms with van der Waals surface area (Å²) in [5.74, 6) is 0. The fraction of sp³-hybridized carbons (Fsp3) is 0.238. The zero-order valence-electron chi connectivity index (χ0n) is 15.5. The highest BCUT2D eigenvalue weighted by molar-refractivity contribution is 5.96. The molecule has 0 radical (unpaired) electrons. The van der Waals surface area contributed by atoms with Gasteiger partial charge < -0.3 is 19.8 Å². The van der Waals surface area contributed by atoms with Crippen LogP contribution in [0.25, 0.3) is 22.1 Å². The highest BCUT2D eigenvalue weighted by Gasteiger charge is 2.16. The second-order valence-corrected chi connectivity index (χ2v) is 7.18. The Hall–Kier alpha value is -3.28. The Kier molecular flexibility index (Phi) is 5.16. The van der Waals surface area contributed by atoms with Gasteiger partial charge in [0.15, 0.2) is 0 Å². The molecule has 0 fully saturated rings. The molecule has 3 rings (SSSR count). The fourth-order valence-corrected chi connectivity index (χ4v) is 2.79. The van der Waals surface area contributed by atoms with Crippen LogP contribution in [0.15, 0.2) is 53.1 Å². The van der Waals surface area contributed by atoms with E-state index in [9.17, 15) is 9.59 Å². The lowest BCUT2D eigenvalue weighted by atomic mass is 10.0. The number of ether oxygens (including phenoxy) is 1. The van der Waals surface area contributed by atoms with Crippen LogP contribution >= 0.6 is 0 Å². The summed E-state index contributed by atoms with van der Waals surface area (Å²) in [7, 11) is 0. The standard InChI is InChI=1S/C21H22N2O4/c1-21(2,3)27-20(25)22-12-14-5-4-6-15(9-14)18-11-17(23-13-24)10-16-7-8-26-19(16)18/h4-11,13H,12H2,1-3H3,(H,22,25)(H,23,24). The van der Waals surface area contributed by atoms with Crippen LogP contribution < -0.4 is 10.6 Å². The van der Waals surface area contributed by atoms with Crippen LogP contribution in [0.3, 0.4) is 0 Å². The third-order valence-electron chi connectivity index (χ3n) is 3.85. The Balaban J connectivity index is 1.85. The van der Waals surface area contributed by atoms with Crippen LogP contribution in [0.2, 0.25) is 0 Å². The largest absolute Gasteiger partial charge is 0.464 e. The molecule has 0 atom stereocenters. The number of amides is 2. The number of hydrogen-bond donors (Lipinski definition) is 2. The third kappa shape index (κ3) is 4.67. The SMILES string of the molecule is CC(C)(C)OC(=O)NCc1cccc(-c2cc(NC=O)cc3ccoc23)c1. The van der Waals surface area contributed by atoms with Gasteiger partial charge in [-0.3, -0.25) is 4.79 Å². The smallest absolute Gasteiger partial charge is 0.407 e. The maximum Gasteiger partial charge on any atom is 0.407 e. The van der Waals surface area contributed by atoms with Gasteiger partial charge in [0.2, 0.25) is 6.41 Å². The first kappa shape index (κ1) is 18.5. The van der Waals surface area contributed by atoms with Gasteiger partial charge in [-0.15, -0.1) is 0 Å². The predicted molar refractivity (Wildman–Crippen MR) is 104 cm³/mol. The maximum atomic E-state index is 11.9. The number of benzene rings is 2. The van der Waals surface area contributed by atoms with E-state index in [4.69, 9.17) is 9.15 Å². The van der Waals surface area contributed by atoms with Gasteiger partial charge in [0.1, 0.15) is 11.2 Å². The molecule has 0 unspecified atom stereocenters. The first-order valence-electron chi connectivity index (χ1n) is 8.63. The number of alkyl carbamates (subject to hydrolysis) is 1. The average Bonchev–Trinajstić information content (AvgIpc) is 3.07. The molecule has 140 valence electrons.